The monoisotopic (exact) mass is 429 g/mol. The highest BCUT2D eigenvalue weighted by Gasteiger charge is 2.29. The molecular formula is C25H23N3O4. The molecule has 0 radical (unpaired) electrons. The van der Waals surface area contributed by atoms with Gasteiger partial charge < -0.3 is 20.7 Å². The molecule has 3 aromatic rings. The van der Waals surface area contributed by atoms with Gasteiger partial charge in [0, 0.05) is 36.4 Å². The lowest BCUT2D eigenvalue weighted by atomic mass is 9.96. The topological polar surface area (TPSA) is 102 Å². The lowest BCUT2D eigenvalue weighted by molar-refractivity contribution is -0.115. The quantitative estimate of drug-likeness (QED) is 0.586. The summed E-state index contributed by atoms with van der Waals surface area (Å²) in [6.07, 6.45) is 0. The molecule has 0 atom stereocenters. The molecule has 0 aromatic heterocycles. The fraction of sp³-hybridized carbons (Fsp3) is 0.160. The van der Waals surface area contributed by atoms with Gasteiger partial charge in [0.2, 0.25) is 11.8 Å². The van der Waals surface area contributed by atoms with Crippen LogP contribution in [0, 0.1) is 0 Å². The number of rotatable bonds is 6. The number of ether oxygens (including phenoxy) is 1. The van der Waals surface area contributed by atoms with E-state index < -0.39 is 5.91 Å². The van der Waals surface area contributed by atoms with Crippen LogP contribution in [-0.2, 0) is 16.1 Å². The average molecular weight is 429 g/mol. The van der Waals surface area contributed by atoms with Gasteiger partial charge in [-0.15, -0.1) is 0 Å². The number of nitrogens with two attached hydrogens (primary N) is 1. The number of hydrogen-bond acceptors (Lipinski definition) is 4. The summed E-state index contributed by atoms with van der Waals surface area (Å²) >= 11 is 0. The largest absolute Gasteiger partial charge is 0.497 e. The smallest absolute Gasteiger partial charge is 0.254 e. The lowest BCUT2D eigenvalue weighted by Crippen LogP contribution is -2.30. The van der Waals surface area contributed by atoms with Gasteiger partial charge in [0.25, 0.3) is 5.91 Å². The zero-order valence-corrected chi connectivity index (χ0v) is 17.9. The first-order valence-corrected chi connectivity index (χ1v) is 10.1. The van der Waals surface area contributed by atoms with Gasteiger partial charge in [0.15, 0.2) is 0 Å². The molecule has 0 fully saturated rings. The number of amides is 3. The molecule has 0 unspecified atom stereocenters. The van der Waals surface area contributed by atoms with E-state index in [1.54, 1.807) is 18.1 Å². The van der Waals surface area contributed by atoms with Crippen LogP contribution in [0.3, 0.4) is 0 Å². The summed E-state index contributed by atoms with van der Waals surface area (Å²) in [5.74, 6) is -0.314. The molecule has 7 nitrogen and oxygen atoms in total. The van der Waals surface area contributed by atoms with Gasteiger partial charge in [-0.3, -0.25) is 14.4 Å². The van der Waals surface area contributed by atoms with Crippen molar-refractivity contribution in [2.45, 2.75) is 13.5 Å². The van der Waals surface area contributed by atoms with Gasteiger partial charge in [-0.25, -0.2) is 0 Å². The summed E-state index contributed by atoms with van der Waals surface area (Å²) in [7, 11) is 1.57. The molecule has 0 bridgehead atoms. The molecule has 0 saturated heterocycles. The van der Waals surface area contributed by atoms with Crippen LogP contribution in [0.25, 0.3) is 21.9 Å². The summed E-state index contributed by atoms with van der Waals surface area (Å²) in [6.45, 7) is 5.59. The van der Waals surface area contributed by atoms with Gasteiger partial charge in [-0.1, -0.05) is 24.8 Å². The van der Waals surface area contributed by atoms with E-state index in [4.69, 9.17) is 10.5 Å². The number of carbonyl (C=O) groups excluding carboxylic acids is 3. The number of anilines is 1. The van der Waals surface area contributed by atoms with E-state index in [9.17, 15) is 14.4 Å². The predicted molar refractivity (Wildman–Crippen MR) is 123 cm³/mol. The summed E-state index contributed by atoms with van der Waals surface area (Å²) in [6, 6.07) is 15.3. The Kier molecular flexibility index (Phi) is 5.40. The molecule has 7 heteroatoms. The first-order valence-electron chi connectivity index (χ1n) is 10.1. The van der Waals surface area contributed by atoms with Crippen molar-refractivity contribution in [3.63, 3.8) is 0 Å². The second-order valence-electron chi connectivity index (χ2n) is 7.79. The fourth-order valence-corrected chi connectivity index (χ4v) is 3.96. The van der Waals surface area contributed by atoms with Gasteiger partial charge in [0.1, 0.15) is 5.75 Å². The third-order valence-corrected chi connectivity index (χ3v) is 5.53. The molecule has 0 aliphatic carbocycles. The zero-order chi connectivity index (χ0) is 23.0. The Balaban J connectivity index is 1.77. The SMILES string of the molecule is C=C(CN1Cc2c(ccc3ccc(-c4cc(NC(C)=O)cc(OC)c4)cc23)C1=O)C(N)=O. The molecule has 162 valence electrons. The van der Waals surface area contributed by atoms with Crippen molar-refractivity contribution in [1.82, 2.24) is 4.90 Å². The highest BCUT2D eigenvalue weighted by Crippen LogP contribution is 2.35. The predicted octanol–water partition coefficient (Wildman–Crippen LogP) is 3.47. The number of benzene rings is 3. The molecule has 32 heavy (non-hydrogen) atoms. The van der Waals surface area contributed by atoms with E-state index in [0.717, 1.165) is 27.5 Å². The number of hydrogen-bond donors (Lipinski definition) is 2. The third-order valence-electron chi connectivity index (χ3n) is 5.53. The van der Waals surface area contributed by atoms with Crippen molar-refractivity contribution in [1.29, 1.82) is 0 Å². The van der Waals surface area contributed by atoms with Crippen molar-refractivity contribution in [3.05, 3.63) is 71.8 Å². The number of methoxy groups -OCH3 is 1. The fourth-order valence-electron chi connectivity index (χ4n) is 3.96. The number of nitrogens with zero attached hydrogens (tertiary/aromatic N) is 1. The Labute approximate surface area is 185 Å². The van der Waals surface area contributed by atoms with Crippen LogP contribution in [0.2, 0.25) is 0 Å². The molecule has 0 spiro atoms. The Bertz CT molecular complexity index is 1300. The van der Waals surface area contributed by atoms with Gasteiger partial charge >= 0.3 is 0 Å². The highest BCUT2D eigenvalue weighted by molar-refractivity contribution is 6.05. The molecule has 3 amide bonds. The maximum Gasteiger partial charge on any atom is 0.254 e. The lowest BCUT2D eigenvalue weighted by Gasteiger charge is -2.15. The standard InChI is InChI=1S/C25H23N3O4/c1-14(24(26)30)12-28-13-23-21(25(28)31)7-6-16-4-5-17(10-22(16)23)18-8-19(27-15(2)29)11-20(9-18)32-3/h4-11H,1,12-13H2,2-3H3,(H2,26,30)(H,27,29). The van der Waals surface area contributed by atoms with E-state index in [0.29, 0.717) is 23.5 Å². The van der Waals surface area contributed by atoms with Crippen LogP contribution in [0.15, 0.2) is 60.7 Å². The second kappa shape index (κ2) is 8.19. The van der Waals surface area contributed by atoms with Crippen molar-refractivity contribution in [2.75, 3.05) is 19.0 Å². The normalized spacial score (nSPS) is 12.6. The van der Waals surface area contributed by atoms with Crippen molar-refractivity contribution in [3.8, 4) is 16.9 Å². The van der Waals surface area contributed by atoms with Gasteiger partial charge in [-0.2, -0.15) is 0 Å². The van der Waals surface area contributed by atoms with Gasteiger partial charge in [-0.05, 0) is 51.7 Å². The maximum atomic E-state index is 12.9. The molecule has 4 rings (SSSR count). The summed E-state index contributed by atoms with van der Waals surface area (Å²) < 4.78 is 5.40. The minimum Gasteiger partial charge on any atom is -0.497 e. The van der Waals surface area contributed by atoms with Crippen LogP contribution in [-0.4, -0.2) is 36.3 Å². The van der Waals surface area contributed by atoms with Crippen LogP contribution < -0.4 is 15.8 Å². The summed E-state index contributed by atoms with van der Waals surface area (Å²) in [5.41, 5.74) is 9.42. The zero-order valence-electron chi connectivity index (χ0n) is 17.9. The van der Waals surface area contributed by atoms with Crippen LogP contribution in [0.1, 0.15) is 22.8 Å². The maximum absolute atomic E-state index is 12.9. The molecule has 0 saturated carbocycles. The van der Waals surface area contributed by atoms with E-state index >= 15 is 0 Å². The third kappa shape index (κ3) is 3.92. The second-order valence-corrected chi connectivity index (χ2v) is 7.79. The molecule has 1 heterocycles. The van der Waals surface area contributed by atoms with Crippen molar-refractivity contribution >= 4 is 34.2 Å². The van der Waals surface area contributed by atoms with E-state index in [2.05, 4.69) is 11.9 Å². The highest BCUT2D eigenvalue weighted by atomic mass is 16.5. The Morgan fingerprint density at radius 1 is 1.12 bits per heavy atom. The van der Waals surface area contributed by atoms with Crippen LogP contribution in [0.4, 0.5) is 5.69 Å². The summed E-state index contributed by atoms with van der Waals surface area (Å²) in [5, 5.41) is 4.74. The molecule has 1 aliphatic rings. The van der Waals surface area contributed by atoms with Crippen molar-refractivity contribution in [2.24, 2.45) is 5.73 Å². The molecule has 3 aromatic carbocycles. The van der Waals surface area contributed by atoms with Gasteiger partial charge in [0.05, 0.1) is 13.7 Å². The van der Waals surface area contributed by atoms with Crippen LogP contribution in [0.5, 0.6) is 5.75 Å². The molecule has 3 N–H and O–H groups in total. The Morgan fingerprint density at radius 2 is 1.88 bits per heavy atom. The minimum absolute atomic E-state index is 0.0972. The number of nitrogens with one attached hydrogen (secondary N) is 1. The average Bonchev–Trinajstić information content (AvgIpc) is 3.08. The number of primary amides is 1. The molecular weight excluding hydrogens is 406 g/mol. The number of carbonyl (C=O) groups is 3. The Hall–Kier alpha value is -4.13. The van der Waals surface area contributed by atoms with E-state index in [1.807, 2.05) is 42.5 Å². The molecule has 1 aliphatic heterocycles. The summed E-state index contributed by atoms with van der Waals surface area (Å²) in [4.78, 5) is 37.3. The first kappa shape index (κ1) is 21.1. The van der Waals surface area contributed by atoms with Crippen molar-refractivity contribution < 1.29 is 19.1 Å². The van der Waals surface area contributed by atoms with E-state index in [-0.39, 0.29) is 23.9 Å². The van der Waals surface area contributed by atoms with E-state index in [1.165, 1.54) is 6.92 Å². The minimum atomic E-state index is -0.617. The Morgan fingerprint density at radius 3 is 2.56 bits per heavy atom. The van der Waals surface area contributed by atoms with Crippen LogP contribution >= 0.6 is 0 Å². The number of fused-ring (bicyclic) bond motifs is 3. The first-order chi connectivity index (χ1) is 15.3.